The Morgan fingerprint density at radius 1 is 0.767 bits per heavy atom. The van der Waals surface area contributed by atoms with Gasteiger partial charge in [-0.15, -0.1) is 0 Å². The highest BCUT2D eigenvalue weighted by Gasteiger charge is 2.43. The maximum Gasteiger partial charge on any atom is 0.330 e. The second-order valence-corrected chi connectivity index (χ2v) is 24.0. The fourth-order valence-electron chi connectivity index (χ4n) is 10.3. The van der Waals surface area contributed by atoms with E-state index in [1.807, 2.05) is 70.2 Å². The van der Waals surface area contributed by atoms with Crippen molar-refractivity contribution in [2.45, 2.75) is 142 Å². The van der Waals surface area contributed by atoms with Gasteiger partial charge in [-0.05, 0) is 126 Å². The number of likely N-dealkylation sites (tertiary alicyclic amines) is 1. The zero-order chi connectivity index (χ0) is 66.5. The molecule has 4 aromatic rings. The second kappa shape index (κ2) is 33.9. The van der Waals surface area contributed by atoms with Crippen LogP contribution in [0, 0.1) is 5.41 Å². The summed E-state index contributed by atoms with van der Waals surface area (Å²) in [6, 6.07) is 18.8. The Kier molecular flexibility index (Phi) is 27.2. The quantitative estimate of drug-likeness (QED) is 0.0273. The van der Waals surface area contributed by atoms with Crippen LogP contribution in [-0.4, -0.2) is 184 Å². The number of likely N-dealkylation sites (N-methyl/N-ethyl adjacent to an activating group) is 3. The Bertz CT molecular complexity index is 3180. The van der Waals surface area contributed by atoms with Crippen LogP contribution in [0.25, 0.3) is 10.8 Å². The van der Waals surface area contributed by atoms with Gasteiger partial charge < -0.3 is 63.4 Å². The maximum atomic E-state index is 15.0. The van der Waals surface area contributed by atoms with Crippen LogP contribution < -0.4 is 29.6 Å². The van der Waals surface area contributed by atoms with Gasteiger partial charge in [0.15, 0.2) is 18.1 Å². The number of ether oxygens (including phenoxy) is 7. The Morgan fingerprint density at radius 3 is 2.12 bits per heavy atom. The van der Waals surface area contributed by atoms with E-state index in [9.17, 15) is 43.2 Å². The zero-order valence-corrected chi connectivity index (χ0v) is 54.6. The van der Waals surface area contributed by atoms with E-state index in [1.54, 1.807) is 50.4 Å². The lowest BCUT2D eigenvalue weighted by Gasteiger charge is -2.36. The predicted molar refractivity (Wildman–Crippen MR) is 339 cm³/mol. The predicted octanol–water partition coefficient (Wildman–Crippen LogP) is 7.15. The van der Waals surface area contributed by atoms with E-state index in [4.69, 9.17) is 33.2 Å². The van der Waals surface area contributed by atoms with E-state index >= 15 is 0 Å². The van der Waals surface area contributed by atoms with Gasteiger partial charge in [-0.2, -0.15) is 0 Å². The molecule has 0 aliphatic carbocycles. The number of ketones is 1. The number of fused-ring (bicyclic) bond motifs is 1. The number of carbonyl (C=O) groups excluding carboxylic acids is 9. The van der Waals surface area contributed by atoms with Crippen LogP contribution in [0.5, 0.6) is 23.0 Å². The van der Waals surface area contributed by atoms with Gasteiger partial charge in [0, 0.05) is 52.3 Å². The van der Waals surface area contributed by atoms with Crippen LogP contribution in [0.15, 0.2) is 91.5 Å². The molecule has 22 heteroatoms. The fourth-order valence-corrected chi connectivity index (χ4v) is 10.3. The molecule has 1 fully saturated rings. The molecular formula is C68H92N6O16. The minimum absolute atomic E-state index is 0.00813. The van der Waals surface area contributed by atoms with Crippen LogP contribution >= 0.6 is 0 Å². The van der Waals surface area contributed by atoms with Crippen LogP contribution in [0.3, 0.4) is 0 Å². The first-order valence-corrected chi connectivity index (χ1v) is 30.5. The number of carbonyl (C=O) groups is 9. The van der Waals surface area contributed by atoms with Crippen LogP contribution in [0.4, 0.5) is 0 Å². The fraction of sp³-hybridized carbons (Fsp3) is 0.515. The minimum Gasteiger partial charge on any atom is -0.496 e. The van der Waals surface area contributed by atoms with Crippen molar-refractivity contribution < 1.29 is 76.3 Å². The SMILES string of the molecule is C=CC(=O)OCC(C)(C)C(=O)C(=O)N1CCCC[C@H]1C(=O)O[C@H](CCc1c(OC)ccc(OC)c1OC)c1cccc(OCC(=O)N(C)[C@@H](CCCC)C(=O)N[C@@H](Cc2ccc3ccccc3c2)C(=O)N(C)[C@@H](COC(C)(C)C)C(=O)NCC(=O)N(C)CC)c1. The molecule has 1 saturated heterocycles. The topological polar surface area (TPSA) is 255 Å². The lowest BCUT2D eigenvalue weighted by Crippen LogP contribution is -2.59. The summed E-state index contributed by atoms with van der Waals surface area (Å²) in [4.78, 5) is 130. The molecule has 2 N–H and O–H groups in total. The molecule has 0 unspecified atom stereocenters. The third kappa shape index (κ3) is 20.0. The molecule has 490 valence electrons. The summed E-state index contributed by atoms with van der Waals surface area (Å²) < 4.78 is 40.9. The van der Waals surface area contributed by atoms with Gasteiger partial charge in [0.05, 0.1) is 45.5 Å². The number of piperidine rings is 1. The van der Waals surface area contributed by atoms with E-state index in [2.05, 4.69) is 17.2 Å². The number of rotatable bonds is 33. The summed E-state index contributed by atoms with van der Waals surface area (Å²) in [5, 5.41) is 7.51. The van der Waals surface area contributed by atoms with E-state index in [1.165, 1.54) is 68.9 Å². The molecule has 1 heterocycles. The first kappa shape index (κ1) is 72.2. The van der Waals surface area contributed by atoms with Gasteiger partial charge in [-0.25, -0.2) is 9.59 Å². The number of hydrogen-bond acceptors (Lipinski definition) is 16. The van der Waals surface area contributed by atoms with Crippen LogP contribution in [0.1, 0.15) is 116 Å². The Morgan fingerprint density at radius 2 is 1.47 bits per heavy atom. The van der Waals surface area contributed by atoms with Crippen LogP contribution in [-0.2, 0) is 70.2 Å². The minimum atomic E-state index is -1.43. The van der Waals surface area contributed by atoms with E-state index in [0.29, 0.717) is 66.2 Å². The maximum absolute atomic E-state index is 15.0. The third-order valence-electron chi connectivity index (χ3n) is 15.9. The smallest absolute Gasteiger partial charge is 0.330 e. The molecule has 0 radical (unpaired) electrons. The molecule has 90 heavy (non-hydrogen) atoms. The van der Waals surface area contributed by atoms with Gasteiger partial charge in [0.2, 0.25) is 29.4 Å². The highest BCUT2D eigenvalue weighted by atomic mass is 16.5. The Hall–Kier alpha value is -8.53. The van der Waals surface area contributed by atoms with Crippen LogP contribution in [0.2, 0.25) is 0 Å². The van der Waals surface area contributed by atoms with Crippen molar-refractivity contribution in [1.29, 1.82) is 0 Å². The Balaban J connectivity index is 1.43. The number of nitrogens with one attached hydrogen (secondary N) is 2. The van der Waals surface area contributed by atoms with E-state index in [-0.39, 0.29) is 63.5 Å². The summed E-state index contributed by atoms with van der Waals surface area (Å²) in [7, 11) is 9.05. The molecule has 0 aromatic heterocycles. The summed E-state index contributed by atoms with van der Waals surface area (Å²) in [5.41, 5.74) is -0.364. The van der Waals surface area contributed by atoms with E-state index in [0.717, 1.165) is 16.8 Å². The highest BCUT2D eigenvalue weighted by Crippen LogP contribution is 2.40. The average molecular weight is 1250 g/mol. The number of Topliss-reactive ketones (excluding diaryl/α,β-unsaturated/α-hetero) is 1. The number of unbranched alkanes of at least 4 members (excludes halogenated alkanes) is 1. The molecule has 0 saturated carbocycles. The standard InChI is InChI=1S/C68H92N6O16/c1-15-18-28-51(63(80)70-50(38-44-30-31-45-24-19-20-25-46(45)37-44)64(81)73(11)53(41-89-67(4,5)6)62(79)69-40-57(75)71(9)17-3)72(10)58(76)42-87-48-27-23-26-47(39-48)54(33-32-49-55(84-12)34-35-56(85-13)60(49)86-14)90-66(83)52-29-21-22-36-74(52)65(82)61(78)68(7,8)43-88-59(77)16-2/h16,19-20,23-27,30-31,34-35,37,39,50-54H,2,15,17-18,21-22,28-29,32-33,36,38,40-43H2,1,3-14H3,(H,69,79)(H,70,80)/t50-,51-,52-,53-,54+/m0/s1. The van der Waals surface area contributed by atoms with Crippen molar-refractivity contribution in [2.75, 3.05) is 81.9 Å². The lowest BCUT2D eigenvalue weighted by atomic mass is 9.87. The molecule has 22 nitrogen and oxygen atoms in total. The van der Waals surface area contributed by atoms with Gasteiger partial charge >= 0.3 is 11.9 Å². The summed E-state index contributed by atoms with van der Waals surface area (Å²) in [5.74, 6) is -4.55. The number of amides is 6. The molecular weight excluding hydrogens is 1160 g/mol. The monoisotopic (exact) mass is 1250 g/mol. The highest BCUT2D eigenvalue weighted by molar-refractivity contribution is 6.38. The molecule has 0 spiro atoms. The van der Waals surface area contributed by atoms with Crippen molar-refractivity contribution in [3.05, 3.63) is 108 Å². The van der Waals surface area contributed by atoms with Crippen molar-refractivity contribution in [3.63, 3.8) is 0 Å². The normalized spacial score (nSPS) is 14.5. The van der Waals surface area contributed by atoms with Gasteiger partial charge in [0.1, 0.15) is 48.4 Å². The van der Waals surface area contributed by atoms with Crippen molar-refractivity contribution >= 4 is 63.9 Å². The Labute approximate surface area is 529 Å². The first-order valence-electron chi connectivity index (χ1n) is 30.5. The van der Waals surface area contributed by atoms with E-state index < -0.39 is 102 Å². The number of methoxy groups -OCH3 is 3. The zero-order valence-electron chi connectivity index (χ0n) is 54.6. The molecule has 4 aromatic carbocycles. The van der Waals surface area contributed by atoms with Gasteiger partial charge in [-0.3, -0.25) is 33.6 Å². The van der Waals surface area contributed by atoms with Crippen molar-refractivity contribution in [1.82, 2.24) is 30.2 Å². The summed E-state index contributed by atoms with van der Waals surface area (Å²) >= 11 is 0. The molecule has 6 amide bonds. The number of hydrogen-bond donors (Lipinski definition) is 2. The molecule has 0 bridgehead atoms. The number of nitrogens with zero attached hydrogens (tertiary/aromatic N) is 4. The molecule has 5 rings (SSSR count). The lowest BCUT2D eigenvalue weighted by molar-refractivity contribution is -0.165. The average Bonchev–Trinajstić information content (AvgIpc) is 0.923. The summed E-state index contributed by atoms with van der Waals surface area (Å²) in [6.07, 6.45) is 2.98. The third-order valence-corrected chi connectivity index (χ3v) is 15.9. The largest absolute Gasteiger partial charge is 0.496 e. The molecule has 1 aliphatic heterocycles. The first-order chi connectivity index (χ1) is 42.7. The van der Waals surface area contributed by atoms with Crippen molar-refractivity contribution in [3.8, 4) is 23.0 Å². The molecule has 1 aliphatic rings. The van der Waals surface area contributed by atoms with Crippen molar-refractivity contribution in [2.24, 2.45) is 5.41 Å². The van der Waals surface area contributed by atoms with Gasteiger partial charge in [-0.1, -0.05) is 80.9 Å². The second-order valence-electron chi connectivity index (χ2n) is 24.0. The summed E-state index contributed by atoms with van der Waals surface area (Å²) in [6.45, 7) is 14.6. The number of esters is 2. The van der Waals surface area contributed by atoms with Gasteiger partial charge in [0.25, 0.3) is 11.8 Å². The molecule has 5 atom stereocenters. The number of benzene rings is 4.